The highest BCUT2D eigenvalue weighted by atomic mass is 19.1. The molecular weight excluding hydrogens is 523 g/mol. The first-order valence-electron chi connectivity index (χ1n) is 13.6. The second kappa shape index (κ2) is 12.9. The number of aliphatic imine (C=N–C) groups is 2. The molecule has 0 bridgehead atoms. The van der Waals surface area contributed by atoms with Gasteiger partial charge in [-0.05, 0) is 62.4 Å². The third-order valence-corrected chi connectivity index (χ3v) is 7.59. The lowest BCUT2D eigenvalue weighted by molar-refractivity contribution is -0.112. The summed E-state index contributed by atoms with van der Waals surface area (Å²) in [5.74, 6) is -0.131. The number of aryl methyl sites for hydroxylation is 2. The molecule has 2 amide bonds. The lowest BCUT2D eigenvalue weighted by Crippen LogP contribution is -2.43. The zero-order chi connectivity index (χ0) is 29.6. The Labute approximate surface area is 240 Å². The number of guanidine groups is 1. The third kappa shape index (κ3) is 6.87. The Bertz CT molecular complexity index is 1410. The van der Waals surface area contributed by atoms with E-state index in [9.17, 15) is 9.59 Å². The molecule has 0 aromatic heterocycles. The number of alkyl halides is 1. The Hall–Kier alpha value is -4.36. The van der Waals surface area contributed by atoms with E-state index in [0.717, 1.165) is 11.1 Å². The fourth-order valence-electron chi connectivity index (χ4n) is 5.00. The van der Waals surface area contributed by atoms with E-state index in [-0.39, 0.29) is 37.7 Å². The number of carbonyl (C=O) groups excluding carboxylic acids is 2. The van der Waals surface area contributed by atoms with Gasteiger partial charge in [-0.1, -0.05) is 18.2 Å². The van der Waals surface area contributed by atoms with Crippen molar-refractivity contribution in [2.24, 2.45) is 9.98 Å². The van der Waals surface area contributed by atoms with Crippen LogP contribution < -0.4 is 5.32 Å². The first-order valence-corrected chi connectivity index (χ1v) is 13.6. The van der Waals surface area contributed by atoms with Crippen LogP contribution in [0.1, 0.15) is 52.4 Å². The Morgan fingerprint density at radius 1 is 1.07 bits per heavy atom. The number of amides is 2. The molecule has 0 atom stereocenters. The van der Waals surface area contributed by atoms with Crippen molar-refractivity contribution in [3.63, 3.8) is 0 Å². The van der Waals surface area contributed by atoms with Gasteiger partial charge in [-0.3, -0.25) is 9.59 Å². The number of hydrogen-bond donors (Lipinski definition) is 1. The van der Waals surface area contributed by atoms with Crippen LogP contribution in [0.4, 0.5) is 10.1 Å². The van der Waals surface area contributed by atoms with Gasteiger partial charge in [-0.2, -0.15) is 5.26 Å². The van der Waals surface area contributed by atoms with Crippen molar-refractivity contribution >= 4 is 30.2 Å². The number of halogens is 1. The van der Waals surface area contributed by atoms with Crippen LogP contribution in [0.25, 0.3) is 0 Å². The molecule has 2 aromatic rings. The highest BCUT2D eigenvalue weighted by Gasteiger charge is 2.38. The minimum absolute atomic E-state index is 0.162. The van der Waals surface area contributed by atoms with Crippen molar-refractivity contribution in [2.45, 2.75) is 39.3 Å². The van der Waals surface area contributed by atoms with Gasteiger partial charge in [0.15, 0.2) is 0 Å². The van der Waals surface area contributed by atoms with E-state index < -0.39 is 5.67 Å². The van der Waals surface area contributed by atoms with Gasteiger partial charge in [0.1, 0.15) is 5.67 Å². The number of rotatable bonds is 5. The number of hydrogen-bond acceptors (Lipinski definition) is 5. The molecule has 9 nitrogen and oxygen atoms in total. The van der Waals surface area contributed by atoms with Gasteiger partial charge in [-0.25, -0.2) is 14.4 Å². The molecule has 0 radical (unpaired) electrons. The van der Waals surface area contributed by atoms with Gasteiger partial charge < -0.3 is 19.9 Å². The zero-order valence-corrected chi connectivity index (χ0v) is 23.7. The van der Waals surface area contributed by atoms with Crippen molar-refractivity contribution in [3.8, 4) is 6.07 Å². The summed E-state index contributed by atoms with van der Waals surface area (Å²) in [5.41, 5.74) is 2.38. The van der Waals surface area contributed by atoms with Crippen LogP contribution >= 0.6 is 0 Å². The van der Waals surface area contributed by atoms with Crippen LogP contribution in [-0.2, 0) is 15.2 Å². The summed E-state index contributed by atoms with van der Waals surface area (Å²) in [6.07, 6.45) is 1.78. The Balaban J connectivity index is 1.44. The average molecular weight is 559 g/mol. The van der Waals surface area contributed by atoms with E-state index >= 15 is 4.39 Å². The second-order valence-electron chi connectivity index (χ2n) is 10.4. The SMILES string of the molecule is C=N/C(=N\C=C(/C)C(=O)Nc1cc(C(=O)N2CCC(F)(c3ccc(C#N)cc3)CC2)c(C)cc1C)N1CCOCC1. The lowest BCUT2D eigenvalue weighted by atomic mass is 9.85. The molecule has 0 spiro atoms. The maximum absolute atomic E-state index is 15.7. The standard InChI is InChI=1S/C31H35FN6O3/c1-21-17-22(2)27(36-28(39)23(3)20-35-30(34-4)38-13-15-41-16-14-38)18-26(21)29(40)37-11-9-31(32,10-12-37)25-7-5-24(19-33)6-8-25/h5-8,17-18,20H,4,9-16H2,1-3H3,(H,36,39)/b23-20+,35-30+. The molecule has 0 aliphatic carbocycles. The summed E-state index contributed by atoms with van der Waals surface area (Å²) in [7, 11) is 0. The van der Waals surface area contributed by atoms with Gasteiger partial charge in [0, 0.05) is 62.0 Å². The topological polar surface area (TPSA) is 110 Å². The molecule has 2 heterocycles. The Morgan fingerprint density at radius 3 is 2.34 bits per heavy atom. The van der Waals surface area contributed by atoms with E-state index in [1.807, 2.05) is 30.9 Å². The van der Waals surface area contributed by atoms with E-state index in [4.69, 9.17) is 10.00 Å². The molecule has 2 fully saturated rings. The number of nitriles is 1. The molecule has 1 N–H and O–H groups in total. The summed E-state index contributed by atoms with van der Waals surface area (Å²) in [6.45, 7) is 11.9. The van der Waals surface area contributed by atoms with Crippen molar-refractivity contribution in [1.82, 2.24) is 9.80 Å². The maximum atomic E-state index is 15.7. The van der Waals surface area contributed by atoms with Crippen LogP contribution in [-0.4, -0.2) is 73.7 Å². The average Bonchev–Trinajstić information content (AvgIpc) is 2.99. The number of morpholine rings is 1. The number of carbonyl (C=O) groups is 2. The largest absolute Gasteiger partial charge is 0.378 e. The fourth-order valence-corrected chi connectivity index (χ4v) is 5.00. The molecule has 0 saturated carbocycles. The Kier molecular flexibility index (Phi) is 9.30. The van der Waals surface area contributed by atoms with Gasteiger partial charge in [0.05, 0.1) is 24.8 Å². The lowest BCUT2D eigenvalue weighted by Gasteiger charge is -2.37. The molecule has 0 unspecified atom stereocenters. The maximum Gasteiger partial charge on any atom is 0.254 e. The number of nitrogens with zero attached hydrogens (tertiary/aromatic N) is 5. The van der Waals surface area contributed by atoms with Crippen LogP contribution in [0.2, 0.25) is 0 Å². The van der Waals surface area contributed by atoms with Crippen molar-refractivity contribution in [1.29, 1.82) is 5.26 Å². The first kappa shape index (κ1) is 29.6. The fraction of sp³-hybridized carbons (Fsp3) is 0.387. The molecule has 2 aromatic carbocycles. The van der Waals surface area contributed by atoms with Gasteiger partial charge in [0.2, 0.25) is 5.96 Å². The van der Waals surface area contributed by atoms with Crippen LogP contribution in [0.3, 0.4) is 0 Å². The molecule has 2 aliphatic heterocycles. The number of ether oxygens (including phenoxy) is 1. The van der Waals surface area contributed by atoms with E-state index in [2.05, 4.69) is 22.0 Å². The first-order chi connectivity index (χ1) is 19.6. The van der Waals surface area contributed by atoms with Crippen LogP contribution in [0.5, 0.6) is 0 Å². The highest BCUT2D eigenvalue weighted by molar-refractivity contribution is 6.05. The third-order valence-electron chi connectivity index (χ3n) is 7.59. The molecular formula is C31H35FN6O3. The number of piperidine rings is 1. The van der Waals surface area contributed by atoms with Gasteiger partial charge in [-0.15, -0.1) is 0 Å². The molecule has 2 aliphatic rings. The summed E-state index contributed by atoms with van der Waals surface area (Å²) in [4.78, 5) is 38.4. The molecule has 2 saturated heterocycles. The van der Waals surface area contributed by atoms with Gasteiger partial charge >= 0.3 is 0 Å². The predicted octanol–water partition coefficient (Wildman–Crippen LogP) is 4.51. The minimum Gasteiger partial charge on any atom is -0.378 e. The predicted molar refractivity (Wildman–Crippen MR) is 157 cm³/mol. The van der Waals surface area contributed by atoms with E-state index in [1.165, 1.54) is 6.20 Å². The number of nitrogens with one attached hydrogen (secondary N) is 1. The molecule has 4 rings (SSSR count). The molecule has 41 heavy (non-hydrogen) atoms. The Morgan fingerprint density at radius 2 is 1.73 bits per heavy atom. The summed E-state index contributed by atoms with van der Waals surface area (Å²) in [5, 5.41) is 11.9. The second-order valence-corrected chi connectivity index (χ2v) is 10.4. The van der Waals surface area contributed by atoms with Crippen molar-refractivity contribution in [2.75, 3.05) is 44.7 Å². The normalized spacial score (nSPS) is 17.5. The number of likely N-dealkylation sites (tertiary alicyclic amines) is 1. The van der Waals surface area contributed by atoms with E-state index in [0.29, 0.717) is 60.2 Å². The molecule has 214 valence electrons. The smallest absolute Gasteiger partial charge is 0.254 e. The van der Waals surface area contributed by atoms with Crippen molar-refractivity contribution < 1.29 is 18.7 Å². The van der Waals surface area contributed by atoms with Crippen LogP contribution in [0, 0.1) is 25.2 Å². The van der Waals surface area contributed by atoms with E-state index in [1.54, 1.807) is 42.2 Å². The highest BCUT2D eigenvalue weighted by Crippen LogP contribution is 2.37. The number of benzene rings is 2. The molecule has 10 heteroatoms. The monoisotopic (exact) mass is 558 g/mol. The number of anilines is 1. The zero-order valence-electron chi connectivity index (χ0n) is 23.7. The summed E-state index contributed by atoms with van der Waals surface area (Å²) in [6, 6.07) is 12.1. The van der Waals surface area contributed by atoms with Gasteiger partial charge in [0.25, 0.3) is 11.8 Å². The van der Waals surface area contributed by atoms with Crippen molar-refractivity contribution in [3.05, 3.63) is 76.0 Å². The minimum atomic E-state index is -1.55. The van der Waals surface area contributed by atoms with Crippen LogP contribution in [0.15, 0.2) is 58.2 Å². The summed E-state index contributed by atoms with van der Waals surface area (Å²) < 4.78 is 21.1. The summed E-state index contributed by atoms with van der Waals surface area (Å²) >= 11 is 0. The quantitative estimate of drug-likeness (QED) is 0.330.